The predicted octanol–water partition coefficient (Wildman–Crippen LogP) is 2.31. The van der Waals surface area contributed by atoms with E-state index in [0.29, 0.717) is 6.42 Å². The Morgan fingerprint density at radius 1 is 0.893 bits per heavy atom. The third kappa shape index (κ3) is 10.8. The fourth-order valence-corrected chi connectivity index (χ4v) is 8.75. The van der Waals surface area contributed by atoms with Gasteiger partial charge in [-0.25, -0.2) is 0 Å². The zero-order valence-corrected chi connectivity index (χ0v) is 36.3. The van der Waals surface area contributed by atoms with Crippen LogP contribution in [0, 0.1) is 17.8 Å². The van der Waals surface area contributed by atoms with Crippen molar-refractivity contribution in [2.45, 2.75) is 192 Å². The number of aliphatic hydroxyl groups excluding tert-OH is 2. The summed E-state index contributed by atoms with van der Waals surface area (Å²) in [7, 11) is 6.79. The van der Waals surface area contributed by atoms with Crippen LogP contribution in [-0.4, -0.2) is 157 Å². The third-order valence-corrected chi connectivity index (χ3v) is 12.4. The number of rotatable bonds is 9. The highest BCUT2D eigenvalue weighted by molar-refractivity contribution is 5.79. The molecule has 326 valence electrons. The molecule has 0 aromatic heterocycles. The summed E-state index contributed by atoms with van der Waals surface area (Å²) in [4.78, 5) is 42.4. The minimum atomic E-state index is -2.01. The summed E-state index contributed by atoms with van der Waals surface area (Å²) in [6.07, 6.45) is -8.80. The summed E-state index contributed by atoms with van der Waals surface area (Å²) in [5.41, 5.74) is -4.31. The Morgan fingerprint density at radius 2 is 1.50 bits per heavy atom. The van der Waals surface area contributed by atoms with Gasteiger partial charge in [0.1, 0.15) is 17.8 Å². The standard InChI is InChI=1S/C40H72N2O14/c1-16-28-40(11,48)32(44)24(6)35(46)41-20(2)18-39(10,50-15)34(56-37-31(53-26(8)43)27(42(12)13)17-21(3)51-37)22(4)30(23(5)36(47)54-28)55-29-19-38(9,49-14)33(45)25(7)52-29/h20-25,27-34,37,44-45,48H,16-19H2,1-15H3,(H,41,46)/t20-,21-,22+,23-,24-,25+,27+,28-,29+,30+,31-,32-,33+,34-,37+,38-,39-,40-/m1/s1. The van der Waals surface area contributed by atoms with E-state index in [2.05, 4.69) is 5.32 Å². The average Bonchev–Trinajstić information content (AvgIpc) is 3.12. The van der Waals surface area contributed by atoms with Crippen molar-refractivity contribution >= 4 is 17.8 Å². The van der Waals surface area contributed by atoms with Gasteiger partial charge in [0.2, 0.25) is 5.91 Å². The van der Waals surface area contributed by atoms with E-state index in [1.807, 2.05) is 39.8 Å². The molecule has 0 aromatic carbocycles. The van der Waals surface area contributed by atoms with Gasteiger partial charge in [-0.15, -0.1) is 0 Å². The van der Waals surface area contributed by atoms with Gasteiger partial charge >= 0.3 is 11.9 Å². The second kappa shape index (κ2) is 19.4. The molecule has 3 aliphatic rings. The van der Waals surface area contributed by atoms with E-state index in [1.165, 1.54) is 35.0 Å². The number of carbonyl (C=O) groups is 3. The normalized spacial score (nSPS) is 46.3. The highest BCUT2D eigenvalue weighted by Crippen LogP contribution is 2.41. The van der Waals surface area contributed by atoms with Gasteiger partial charge in [-0.1, -0.05) is 20.8 Å². The van der Waals surface area contributed by atoms with Crippen LogP contribution in [0.4, 0.5) is 0 Å². The van der Waals surface area contributed by atoms with Crippen molar-refractivity contribution in [1.29, 1.82) is 0 Å². The van der Waals surface area contributed by atoms with E-state index in [4.69, 9.17) is 37.9 Å². The number of hydrogen-bond donors (Lipinski definition) is 4. The molecule has 0 spiro atoms. The van der Waals surface area contributed by atoms with Gasteiger partial charge in [-0.2, -0.15) is 0 Å². The number of esters is 2. The van der Waals surface area contributed by atoms with E-state index in [1.54, 1.807) is 34.6 Å². The summed E-state index contributed by atoms with van der Waals surface area (Å²) in [5, 5.41) is 37.0. The van der Waals surface area contributed by atoms with Crippen molar-refractivity contribution in [1.82, 2.24) is 10.2 Å². The van der Waals surface area contributed by atoms with Crippen LogP contribution in [0.5, 0.6) is 0 Å². The van der Waals surface area contributed by atoms with Crippen LogP contribution in [0.1, 0.15) is 102 Å². The molecule has 3 aliphatic heterocycles. The van der Waals surface area contributed by atoms with Crippen molar-refractivity contribution in [3.8, 4) is 0 Å². The maximum Gasteiger partial charge on any atom is 0.311 e. The molecule has 3 fully saturated rings. The zero-order chi connectivity index (χ0) is 42.7. The highest BCUT2D eigenvalue weighted by Gasteiger charge is 2.54. The van der Waals surface area contributed by atoms with Crippen LogP contribution >= 0.6 is 0 Å². The van der Waals surface area contributed by atoms with Crippen molar-refractivity contribution in [2.24, 2.45) is 17.8 Å². The number of cyclic esters (lactones) is 1. The molecule has 1 amide bonds. The smallest absolute Gasteiger partial charge is 0.311 e. The van der Waals surface area contributed by atoms with Gasteiger partial charge in [0, 0.05) is 39.5 Å². The zero-order valence-electron chi connectivity index (χ0n) is 36.3. The second-order valence-corrected chi connectivity index (χ2v) is 17.3. The van der Waals surface area contributed by atoms with E-state index in [0.717, 1.165) is 0 Å². The van der Waals surface area contributed by atoms with E-state index >= 15 is 0 Å². The molecule has 3 heterocycles. The van der Waals surface area contributed by atoms with Crippen molar-refractivity contribution in [3.63, 3.8) is 0 Å². The predicted molar refractivity (Wildman–Crippen MR) is 204 cm³/mol. The van der Waals surface area contributed by atoms with Gasteiger partial charge in [-0.3, -0.25) is 14.4 Å². The SMILES string of the molecule is CC[C@H]1OC(=O)[C@H](C)[C@@H](O[C@H]2C[C@@](C)(OC)[C@@H](O)[C@H](C)O2)[C@H](C)[C@@H](O[C@@H]2O[C@H](C)C[C@H](N(C)C)[C@H]2OC(C)=O)[C@](C)(OC)C[C@@H](C)NC(=O)[C@H](C)[C@@H](O)[C@]1(C)O. The maximum atomic E-state index is 14.3. The lowest BCUT2D eigenvalue weighted by Gasteiger charge is -2.50. The Kier molecular flexibility index (Phi) is 16.7. The maximum absolute atomic E-state index is 14.3. The number of nitrogens with zero attached hydrogens (tertiary/aromatic N) is 1. The Labute approximate surface area is 333 Å². The minimum Gasteiger partial charge on any atom is -0.459 e. The van der Waals surface area contributed by atoms with Gasteiger partial charge in [0.25, 0.3) is 0 Å². The monoisotopic (exact) mass is 804 g/mol. The largest absolute Gasteiger partial charge is 0.459 e. The van der Waals surface area contributed by atoms with Gasteiger partial charge in [0.05, 0.1) is 59.6 Å². The number of carbonyl (C=O) groups excluding carboxylic acids is 3. The fourth-order valence-electron chi connectivity index (χ4n) is 8.75. The molecular weight excluding hydrogens is 732 g/mol. The Hall–Kier alpha value is -1.99. The molecule has 16 nitrogen and oxygen atoms in total. The van der Waals surface area contributed by atoms with Crippen molar-refractivity contribution in [2.75, 3.05) is 28.3 Å². The Balaban J connectivity index is 2.27. The molecule has 0 aromatic rings. The van der Waals surface area contributed by atoms with Gasteiger partial charge in [-0.05, 0) is 81.8 Å². The number of amides is 1. The first-order valence-corrected chi connectivity index (χ1v) is 20.0. The molecule has 0 bridgehead atoms. The van der Waals surface area contributed by atoms with Crippen molar-refractivity contribution < 1.29 is 67.6 Å². The number of methoxy groups -OCH3 is 2. The molecule has 16 heteroatoms. The molecular formula is C40H72N2O14. The molecule has 3 rings (SSSR count). The molecule has 0 unspecified atom stereocenters. The van der Waals surface area contributed by atoms with Crippen LogP contribution in [0.25, 0.3) is 0 Å². The summed E-state index contributed by atoms with van der Waals surface area (Å²) in [5.74, 6) is -4.69. The van der Waals surface area contributed by atoms with Crippen LogP contribution in [0.15, 0.2) is 0 Å². The summed E-state index contributed by atoms with van der Waals surface area (Å²) in [6, 6.07) is -0.844. The highest BCUT2D eigenvalue weighted by atomic mass is 16.7. The first-order valence-electron chi connectivity index (χ1n) is 20.0. The summed E-state index contributed by atoms with van der Waals surface area (Å²) >= 11 is 0. The molecule has 18 atom stereocenters. The van der Waals surface area contributed by atoms with Crippen LogP contribution in [-0.2, 0) is 52.3 Å². The van der Waals surface area contributed by atoms with Gasteiger partial charge in [0.15, 0.2) is 18.7 Å². The fraction of sp³-hybridized carbons (Fsp3) is 0.925. The van der Waals surface area contributed by atoms with E-state index in [-0.39, 0.29) is 31.4 Å². The van der Waals surface area contributed by atoms with Crippen LogP contribution in [0.2, 0.25) is 0 Å². The molecule has 56 heavy (non-hydrogen) atoms. The first kappa shape index (κ1) is 48.4. The lowest BCUT2D eigenvalue weighted by Crippen LogP contribution is -2.61. The van der Waals surface area contributed by atoms with Crippen molar-refractivity contribution in [3.05, 3.63) is 0 Å². The molecule has 0 radical (unpaired) electrons. The number of hydrogen-bond acceptors (Lipinski definition) is 15. The summed E-state index contributed by atoms with van der Waals surface area (Å²) in [6.45, 7) is 18.3. The number of nitrogens with one attached hydrogen (secondary N) is 1. The number of aliphatic hydroxyl groups is 3. The molecule has 0 saturated carbocycles. The van der Waals surface area contributed by atoms with Crippen LogP contribution in [0.3, 0.4) is 0 Å². The third-order valence-electron chi connectivity index (χ3n) is 12.4. The number of likely N-dealkylation sites (N-methyl/N-ethyl adjacent to an activating group) is 1. The molecule has 4 N–H and O–H groups in total. The lowest BCUT2D eigenvalue weighted by molar-refractivity contribution is -0.320. The summed E-state index contributed by atoms with van der Waals surface area (Å²) < 4.78 is 50.4. The molecule has 3 saturated heterocycles. The number of ether oxygens (including phenoxy) is 8. The topological polar surface area (TPSA) is 201 Å². The van der Waals surface area contributed by atoms with Crippen LogP contribution < -0.4 is 5.32 Å². The average molecular weight is 805 g/mol. The first-order chi connectivity index (χ1) is 25.9. The van der Waals surface area contributed by atoms with E-state index < -0.39 is 114 Å². The Morgan fingerprint density at radius 3 is 2.04 bits per heavy atom. The van der Waals surface area contributed by atoms with Gasteiger partial charge < -0.3 is 63.4 Å². The lowest BCUT2D eigenvalue weighted by atomic mass is 9.78. The Bertz CT molecular complexity index is 1320. The molecule has 0 aliphatic carbocycles. The van der Waals surface area contributed by atoms with E-state index in [9.17, 15) is 29.7 Å². The minimum absolute atomic E-state index is 0.106. The quantitative estimate of drug-likeness (QED) is 0.247. The second-order valence-electron chi connectivity index (χ2n) is 17.3.